The fourth-order valence-corrected chi connectivity index (χ4v) is 2.13. The molecule has 1 unspecified atom stereocenters. The summed E-state index contributed by atoms with van der Waals surface area (Å²) < 4.78 is 0. The Labute approximate surface area is 103 Å². The number of carbonyl (C=O) groups is 1. The van der Waals surface area contributed by atoms with Crippen molar-refractivity contribution in [2.24, 2.45) is 0 Å². The Morgan fingerprint density at radius 3 is 2.65 bits per heavy atom. The lowest BCUT2D eigenvalue weighted by Crippen LogP contribution is -2.30. The second-order valence-corrected chi connectivity index (χ2v) is 4.52. The van der Waals surface area contributed by atoms with Gasteiger partial charge in [0, 0.05) is 13.1 Å². The minimum absolute atomic E-state index is 0.346. The van der Waals surface area contributed by atoms with E-state index in [9.17, 15) is 9.90 Å². The summed E-state index contributed by atoms with van der Waals surface area (Å²) in [5.41, 5.74) is 2.23. The van der Waals surface area contributed by atoms with E-state index in [1.807, 2.05) is 20.0 Å². The highest BCUT2D eigenvalue weighted by molar-refractivity contribution is 5.95. The van der Waals surface area contributed by atoms with Crippen LogP contribution in [0.25, 0.3) is 0 Å². The minimum Gasteiger partial charge on any atom is -0.478 e. The summed E-state index contributed by atoms with van der Waals surface area (Å²) in [6, 6.07) is 5.76. The van der Waals surface area contributed by atoms with E-state index in [0.29, 0.717) is 11.6 Å². The van der Waals surface area contributed by atoms with Crippen LogP contribution < -0.4 is 4.90 Å². The van der Waals surface area contributed by atoms with Gasteiger partial charge < -0.3 is 10.0 Å². The van der Waals surface area contributed by atoms with E-state index in [4.69, 9.17) is 0 Å². The molecule has 0 saturated carbocycles. The first-order valence-corrected chi connectivity index (χ1v) is 6.04. The number of anilines is 1. The molecule has 0 aliphatic heterocycles. The Morgan fingerprint density at radius 2 is 2.12 bits per heavy atom. The van der Waals surface area contributed by atoms with Crippen molar-refractivity contribution in [3.05, 3.63) is 29.3 Å². The standard InChI is InChI=1S/C14H21NO2/c1-5-7-11(3)15(4)13-10(2)8-6-9-12(13)14(16)17/h6,8-9,11H,5,7H2,1-4H3,(H,16,17). The van der Waals surface area contributed by atoms with Gasteiger partial charge in [0.1, 0.15) is 0 Å². The molecule has 1 N–H and O–H groups in total. The number of hydrogen-bond donors (Lipinski definition) is 1. The topological polar surface area (TPSA) is 40.5 Å². The first-order valence-electron chi connectivity index (χ1n) is 6.04. The molecular weight excluding hydrogens is 214 g/mol. The molecule has 0 saturated heterocycles. The summed E-state index contributed by atoms with van der Waals surface area (Å²) in [4.78, 5) is 13.3. The molecule has 3 nitrogen and oxygen atoms in total. The van der Waals surface area contributed by atoms with Crippen LogP contribution in [-0.4, -0.2) is 24.2 Å². The molecule has 0 spiro atoms. The maximum atomic E-state index is 11.2. The normalized spacial score (nSPS) is 12.2. The summed E-state index contributed by atoms with van der Waals surface area (Å²) in [5, 5.41) is 9.22. The minimum atomic E-state index is -0.862. The zero-order valence-corrected chi connectivity index (χ0v) is 11.0. The van der Waals surface area contributed by atoms with Crippen LogP contribution in [0.5, 0.6) is 0 Å². The van der Waals surface area contributed by atoms with E-state index < -0.39 is 5.97 Å². The monoisotopic (exact) mass is 235 g/mol. The SMILES string of the molecule is CCCC(C)N(C)c1c(C)cccc1C(=O)O. The predicted molar refractivity (Wildman–Crippen MR) is 70.9 cm³/mol. The van der Waals surface area contributed by atoms with Crippen LogP contribution in [0.3, 0.4) is 0 Å². The van der Waals surface area contributed by atoms with Crippen LogP contribution in [-0.2, 0) is 0 Å². The van der Waals surface area contributed by atoms with Gasteiger partial charge in [-0.25, -0.2) is 4.79 Å². The molecule has 17 heavy (non-hydrogen) atoms. The summed E-state index contributed by atoms with van der Waals surface area (Å²) in [5.74, 6) is -0.862. The largest absolute Gasteiger partial charge is 0.478 e. The molecule has 0 radical (unpaired) electrons. The number of carboxylic acids is 1. The second-order valence-electron chi connectivity index (χ2n) is 4.52. The molecule has 0 heterocycles. The molecule has 0 fully saturated rings. The highest BCUT2D eigenvalue weighted by Gasteiger charge is 2.18. The first kappa shape index (κ1) is 13.6. The number of para-hydroxylation sites is 1. The summed E-state index contributed by atoms with van der Waals surface area (Å²) in [6.45, 7) is 6.22. The molecule has 1 atom stereocenters. The van der Waals surface area contributed by atoms with Crippen molar-refractivity contribution < 1.29 is 9.90 Å². The van der Waals surface area contributed by atoms with Gasteiger partial charge in [-0.15, -0.1) is 0 Å². The van der Waals surface area contributed by atoms with Crippen molar-refractivity contribution in [1.29, 1.82) is 0 Å². The third-order valence-electron chi connectivity index (χ3n) is 3.19. The van der Waals surface area contributed by atoms with E-state index >= 15 is 0 Å². The van der Waals surface area contributed by atoms with Crippen LogP contribution in [0, 0.1) is 6.92 Å². The highest BCUT2D eigenvalue weighted by atomic mass is 16.4. The molecule has 0 aromatic heterocycles. The van der Waals surface area contributed by atoms with Crippen LogP contribution in [0.15, 0.2) is 18.2 Å². The smallest absolute Gasteiger partial charge is 0.337 e. The van der Waals surface area contributed by atoms with Gasteiger partial charge in [-0.05, 0) is 31.9 Å². The molecule has 0 aliphatic rings. The van der Waals surface area contributed by atoms with E-state index in [0.717, 1.165) is 24.1 Å². The number of carboxylic acid groups (broad SMARTS) is 1. The average molecular weight is 235 g/mol. The van der Waals surface area contributed by atoms with Gasteiger partial charge in [0.05, 0.1) is 11.3 Å². The summed E-state index contributed by atoms with van der Waals surface area (Å²) in [6.07, 6.45) is 2.16. The molecule has 3 heteroatoms. The van der Waals surface area contributed by atoms with E-state index in [2.05, 4.69) is 18.7 Å². The molecule has 1 rings (SSSR count). The third-order valence-corrected chi connectivity index (χ3v) is 3.19. The quantitative estimate of drug-likeness (QED) is 0.851. The van der Waals surface area contributed by atoms with Crippen LogP contribution in [0.2, 0.25) is 0 Å². The fraction of sp³-hybridized carbons (Fsp3) is 0.500. The van der Waals surface area contributed by atoms with Crippen molar-refractivity contribution in [3.63, 3.8) is 0 Å². The van der Waals surface area contributed by atoms with Crippen molar-refractivity contribution in [1.82, 2.24) is 0 Å². The van der Waals surface area contributed by atoms with Gasteiger partial charge >= 0.3 is 5.97 Å². The lowest BCUT2D eigenvalue weighted by Gasteiger charge is -2.29. The Morgan fingerprint density at radius 1 is 1.47 bits per heavy atom. The number of benzene rings is 1. The van der Waals surface area contributed by atoms with Crippen molar-refractivity contribution in [2.75, 3.05) is 11.9 Å². The van der Waals surface area contributed by atoms with Crippen molar-refractivity contribution >= 4 is 11.7 Å². The van der Waals surface area contributed by atoms with E-state index in [1.54, 1.807) is 12.1 Å². The maximum absolute atomic E-state index is 11.2. The summed E-state index contributed by atoms with van der Waals surface area (Å²) in [7, 11) is 1.97. The van der Waals surface area contributed by atoms with E-state index in [-0.39, 0.29) is 0 Å². The molecule has 1 aromatic carbocycles. The van der Waals surface area contributed by atoms with Crippen LogP contribution in [0.4, 0.5) is 5.69 Å². The van der Waals surface area contributed by atoms with Crippen molar-refractivity contribution in [3.8, 4) is 0 Å². The van der Waals surface area contributed by atoms with Gasteiger partial charge in [0.25, 0.3) is 0 Å². The number of aromatic carboxylic acids is 1. The number of rotatable bonds is 5. The van der Waals surface area contributed by atoms with E-state index in [1.165, 1.54) is 0 Å². The van der Waals surface area contributed by atoms with Gasteiger partial charge in [-0.3, -0.25) is 0 Å². The molecule has 1 aromatic rings. The maximum Gasteiger partial charge on any atom is 0.337 e. The van der Waals surface area contributed by atoms with Gasteiger partial charge in [-0.2, -0.15) is 0 Å². The average Bonchev–Trinajstić information content (AvgIpc) is 2.28. The first-order chi connectivity index (χ1) is 7.99. The lowest BCUT2D eigenvalue weighted by atomic mass is 10.0. The van der Waals surface area contributed by atoms with Gasteiger partial charge in [0.2, 0.25) is 0 Å². The number of nitrogens with zero attached hydrogens (tertiary/aromatic N) is 1. The predicted octanol–water partition coefficient (Wildman–Crippen LogP) is 3.32. The molecule has 0 amide bonds. The zero-order chi connectivity index (χ0) is 13.0. The second kappa shape index (κ2) is 5.71. The molecular formula is C14H21NO2. The molecule has 94 valence electrons. The van der Waals surface area contributed by atoms with Gasteiger partial charge in [0.15, 0.2) is 0 Å². The Kier molecular flexibility index (Phi) is 4.55. The van der Waals surface area contributed by atoms with Gasteiger partial charge in [-0.1, -0.05) is 25.5 Å². The Balaban J connectivity index is 3.15. The number of hydrogen-bond acceptors (Lipinski definition) is 2. The molecule has 0 aliphatic carbocycles. The fourth-order valence-electron chi connectivity index (χ4n) is 2.13. The van der Waals surface area contributed by atoms with Crippen molar-refractivity contribution in [2.45, 2.75) is 39.7 Å². The Bertz CT molecular complexity index is 401. The lowest BCUT2D eigenvalue weighted by molar-refractivity contribution is 0.0697. The van der Waals surface area contributed by atoms with Crippen LogP contribution >= 0.6 is 0 Å². The third kappa shape index (κ3) is 2.99. The number of aryl methyl sites for hydroxylation is 1. The highest BCUT2D eigenvalue weighted by Crippen LogP contribution is 2.26. The zero-order valence-electron chi connectivity index (χ0n) is 11.0. The Hall–Kier alpha value is -1.51. The summed E-state index contributed by atoms with van der Waals surface area (Å²) >= 11 is 0. The van der Waals surface area contributed by atoms with Crippen LogP contribution in [0.1, 0.15) is 42.6 Å². The molecule has 0 bridgehead atoms.